The van der Waals surface area contributed by atoms with Crippen LogP contribution in [-0.4, -0.2) is 40.4 Å². The lowest BCUT2D eigenvalue weighted by Gasteiger charge is -2.49. The number of hydrogen-bond donors (Lipinski definition) is 2. The van der Waals surface area contributed by atoms with Crippen molar-refractivity contribution in [2.75, 3.05) is 25.0 Å². The maximum atomic E-state index is 13.7. The van der Waals surface area contributed by atoms with Crippen LogP contribution in [0.2, 0.25) is 5.02 Å². The number of piperidine rings is 3. The van der Waals surface area contributed by atoms with Crippen molar-refractivity contribution in [3.8, 4) is 0 Å². The number of benzene rings is 2. The Bertz CT molecular complexity index is 965. The number of nitroso groups, excluding NO2 is 1. The van der Waals surface area contributed by atoms with Crippen LogP contribution in [0.4, 0.5) is 15.8 Å². The van der Waals surface area contributed by atoms with E-state index in [0.717, 1.165) is 12.1 Å². The summed E-state index contributed by atoms with van der Waals surface area (Å²) in [4.78, 5) is 23.6. The fraction of sp³-hybridized carbons (Fsp3) is 0.435. The third-order valence-electron chi connectivity index (χ3n) is 6.06. The molecule has 3 aliphatic rings. The number of anilines is 2. The monoisotopic (exact) mass is 479 g/mol. The summed E-state index contributed by atoms with van der Waals surface area (Å²) < 4.78 is 16.8. The Morgan fingerprint density at radius 3 is 2.62 bits per heavy atom. The van der Waals surface area contributed by atoms with E-state index < -0.39 is 11.8 Å². The van der Waals surface area contributed by atoms with E-state index in [0.29, 0.717) is 17.2 Å². The fourth-order valence-corrected chi connectivity index (χ4v) is 5.37. The number of rotatable bonds is 6. The summed E-state index contributed by atoms with van der Waals surface area (Å²) >= 11 is 7.20. The Kier molecular flexibility index (Phi) is 8.14. The average molecular weight is 480 g/mol. The molecule has 0 aliphatic carbocycles. The van der Waals surface area contributed by atoms with Gasteiger partial charge in [0.05, 0.1) is 21.9 Å². The molecule has 3 saturated heterocycles. The lowest BCUT2D eigenvalue weighted by molar-refractivity contribution is -0.136. The highest BCUT2D eigenvalue weighted by Crippen LogP contribution is 2.44. The molecule has 2 aromatic rings. The summed E-state index contributed by atoms with van der Waals surface area (Å²) in [7, 11) is 0. The molecule has 0 spiro atoms. The van der Waals surface area contributed by atoms with Gasteiger partial charge in [0, 0.05) is 28.8 Å². The van der Waals surface area contributed by atoms with Gasteiger partial charge in [0.1, 0.15) is 5.82 Å². The van der Waals surface area contributed by atoms with Crippen LogP contribution in [-0.2, 0) is 11.2 Å². The summed E-state index contributed by atoms with van der Waals surface area (Å²) in [5.41, 5.74) is 2.19. The summed E-state index contributed by atoms with van der Waals surface area (Å²) in [6.07, 6.45) is 2.36. The topological polar surface area (TPSA) is 82.0 Å². The number of aliphatic carboxylic acids is 1. The first-order valence-electron chi connectivity index (χ1n) is 10.5. The van der Waals surface area contributed by atoms with Gasteiger partial charge >= 0.3 is 5.97 Å². The van der Waals surface area contributed by atoms with E-state index in [-0.39, 0.29) is 21.9 Å². The summed E-state index contributed by atoms with van der Waals surface area (Å²) in [5, 5.41) is 12.0. The molecular weight excluding hydrogens is 453 g/mol. The van der Waals surface area contributed by atoms with Crippen LogP contribution < -0.4 is 5.32 Å². The predicted octanol–water partition coefficient (Wildman–Crippen LogP) is 6.04. The molecule has 3 heterocycles. The van der Waals surface area contributed by atoms with Crippen LogP contribution in [0.15, 0.2) is 41.0 Å². The molecule has 2 bridgehead atoms. The van der Waals surface area contributed by atoms with Crippen molar-refractivity contribution in [1.29, 1.82) is 0 Å². The number of halogens is 2. The lowest BCUT2D eigenvalue weighted by Crippen LogP contribution is -2.55. The van der Waals surface area contributed by atoms with Gasteiger partial charge in [0.2, 0.25) is 0 Å². The Balaban J connectivity index is 0.000000204. The largest absolute Gasteiger partial charge is 0.481 e. The number of carboxylic acid groups (broad SMARTS) is 1. The standard InChI is InChI=1S/C15H13ClFNO2.C8H14N2OS/c1-9-5-6-13(10(7-9)8-14(19)20)18-15-11(16)3-2-4-12(15)17;1-8(12-9-11)6-10-4-2-7(8)3-5-10/h2-7,18H,8H2,1H3,(H,19,20);7H,2-6H2,1H3. The van der Waals surface area contributed by atoms with E-state index in [1.165, 1.54) is 50.0 Å². The van der Waals surface area contributed by atoms with E-state index in [1.54, 1.807) is 18.2 Å². The number of para-hydroxylation sites is 1. The minimum atomic E-state index is -0.946. The molecule has 3 fully saturated rings. The number of carbonyl (C=O) groups is 1. The Labute approximate surface area is 196 Å². The molecule has 3 aliphatic heterocycles. The van der Waals surface area contributed by atoms with Crippen LogP contribution in [0, 0.1) is 23.6 Å². The highest BCUT2D eigenvalue weighted by molar-refractivity contribution is 7.99. The minimum absolute atomic E-state index is 0.109. The molecule has 6 nitrogen and oxygen atoms in total. The van der Waals surface area contributed by atoms with Crippen molar-refractivity contribution < 1.29 is 14.3 Å². The smallest absolute Gasteiger partial charge is 0.307 e. The first-order valence-corrected chi connectivity index (χ1v) is 11.6. The van der Waals surface area contributed by atoms with Gasteiger partial charge in [-0.25, -0.2) is 4.39 Å². The van der Waals surface area contributed by atoms with Gasteiger partial charge in [-0.05, 0) is 69.5 Å². The zero-order chi connectivity index (χ0) is 23.3. The molecule has 0 aromatic heterocycles. The number of hydrogen-bond acceptors (Lipinski definition) is 6. The van der Waals surface area contributed by atoms with Crippen LogP contribution in [0.3, 0.4) is 0 Å². The minimum Gasteiger partial charge on any atom is -0.481 e. The van der Waals surface area contributed by atoms with Crippen molar-refractivity contribution in [1.82, 2.24) is 4.90 Å². The molecule has 0 saturated carbocycles. The zero-order valence-electron chi connectivity index (χ0n) is 18.1. The molecule has 0 radical (unpaired) electrons. The van der Waals surface area contributed by atoms with Gasteiger partial charge in [-0.2, -0.15) is 0 Å². The van der Waals surface area contributed by atoms with Crippen LogP contribution >= 0.6 is 23.5 Å². The van der Waals surface area contributed by atoms with Gasteiger partial charge in [-0.3, -0.25) is 4.79 Å². The normalized spacial score (nSPS) is 23.8. The number of nitrogens with one attached hydrogen (secondary N) is 1. The van der Waals surface area contributed by atoms with E-state index in [9.17, 15) is 14.1 Å². The van der Waals surface area contributed by atoms with Crippen molar-refractivity contribution in [2.45, 2.75) is 37.9 Å². The Morgan fingerprint density at radius 1 is 1.34 bits per heavy atom. The molecule has 2 aromatic carbocycles. The summed E-state index contributed by atoms with van der Waals surface area (Å²) in [5.74, 6) is -0.720. The van der Waals surface area contributed by atoms with E-state index >= 15 is 0 Å². The molecule has 32 heavy (non-hydrogen) atoms. The van der Waals surface area contributed by atoms with E-state index in [1.807, 2.05) is 13.0 Å². The van der Waals surface area contributed by atoms with Crippen molar-refractivity contribution in [3.05, 3.63) is 63.3 Å². The molecule has 9 heteroatoms. The second-order valence-electron chi connectivity index (χ2n) is 8.48. The molecular formula is C23H27ClFN3O3S. The molecule has 1 unspecified atom stereocenters. The SMILES string of the molecule is CC1(SN=O)CN2CCC1CC2.Cc1ccc(Nc2c(F)cccc2Cl)c(CC(=O)O)c1. The van der Waals surface area contributed by atoms with Gasteiger partial charge < -0.3 is 15.3 Å². The third-order valence-corrected chi connectivity index (χ3v) is 7.33. The highest BCUT2D eigenvalue weighted by atomic mass is 35.5. The predicted molar refractivity (Wildman–Crippen MR) is 128 cm³/mol. The van der Waals surface area contributed by atoms with E-state index in [4.69, 9.17) is 16.7 Å². The third kappa shape index (κ3) is 5.99. The second-order valence-corrected chi connectivity index (χ2v) is 10.2. The van der Waals surface area contributed by atoms with Gasteiger partial charge in [0.25, 0.3) is 0 Å². The number of carboxylic acids is 1. The van der Waals surface area contributed by atoms with Gasteiger partial charge in [-0.15, -0.1) is 4.91 Å². The van der Waals surface area contributed by atoms with Crippen LogP contribution in [0.5, 0.6) is 0 Å². The van der Waals surface area contributed by atoms with Crippen LogP contribution in [0.25, 0.3) is 0 Å². The van der Waals surface area contributed by atoms with E-state index in [2.05, 4.69) is 21.7 Å². The molecule has 2 N–H and O–H groups in total. The molecule has 5 rings (SSSR count). The number of nitrogens with zero attached hydrogens (tertiary/aromatic N) is 2. The first kappa shape index (κ1) is 24.5. The summed E-state index contributed by atoms with van der Waals surface area (Å²) in [6, 6.07) is 9.66. The average Bonchev–Trinajstić information content (AvgIpc) is 2.73. The highest BCUT2D eigenvalue weighted by Gasteiger charge is 2.44. The Hall–Kier alpha value is -2.16. The fourth-order valence-electron chi connectivity index (χ4n) is 4.37. The van der Waals surface area contributed by atoms with Crippen LogP contribution in [0.1, 0.15) is 30.9 Å². The molecule has 1 atom stereocenters. The van der Waals surface area contributed by atoms with Gasteiger partial charge in [0.15, 0.2) is 0 Å². The maximum absolute atomic E-state index is 13.7. The van der Waals surface area contributed by atoms with Gasteiger partial charge in [-0.1, -0.05) is 35.4 Å². The zero-order valence-corrected chi connectivity index (χ0v) is 19.7. The molecule has 172 valence electrons. The first-order chi connectivity index (χ1) is 15.2. The lowest BCUT2D eigenvalue weighted by atomic mass is 9.79. The second kappa shape index (κ2) is 10.6. The molecule has 0 amide bonds. The van der Waals surface area contributed by atoms with Crippen molar-refractivity contribution >= 4 is 40.9 Å². The maximum Gasteiger partial charge on any atom is 0.307 e. The quantitative estimate of drug-likeness (QED) is 0.388. The number of aryl methyl sites for hydroxylation is 1. The van der Waals surface area contributed by atoms with Crippen molar-refractivity contribution in [2.24, 2.45) is 10.5 Å². The number of fused-ring (bicyclic) bond motifs is 3. The Morgan fingerprint density at radius 2 is 2.06 bits per heavy atom. The summed E-state index contributed by atoms with van der Waals surface area (Å²) in [6.45, 7) is 7.54. The van der Waals surface area contributed by atoms with Crippen molar-refractivity contribution in [3.63, 3.8) is 0 Å².